The number of benzene rings is 3. The van der Waals surface area contributed by atoms with Gasteiger partial charge < -0.3 is 9.73 Å². The number of carbonyl (C=O) groups is 1. The van der Waals surface area contributed by atoms with E-state index in [1.54, 1.807) is 19.1 Å². The van der Waals surface area contributed by atoms with Gasteiger partial charge in [-0.1, -0.05) is 37.3 Å². The molecule has 0 bridgehead atoms. The van der Waals surface area contributed by atoms with Crippen molar-refractivity contribution in [1.82, 2.24) is 5.32 Å². The molecule has 8 heteroatoms. The van der Waals surface area contributed by atoms with Crippen molar-refractivity contribution in [1.29, 1.82) is 0 Å². The second-order valence-electron chi connectivity index (χ2n) is 7.57. The first kappa shape index (κ1) is 22.5. The molecule has 0 aliphatic carbocycles. The summed E-state index contributed by atoms with van der Waals surface area (Å²) in [7, 11) is -2.06. The highest BCUT2D eigenvalue weighted by Crippen LogP contribution is 2.40. The van der Waals surface area contributed by atoms with Gasteiger partial charge in [0.2, 0.25) is 10.0 Å². The maximum Gasteiger partial charge on any atom is 0.255 e. The summed E-state index contributed by atoms with van der Waals surface area (Å²) in [5.74, 6) is -0.527. The van der Waals surface area contributed by atoms with E-state index in [1.807, 2.05) is 30.3 Å². The van der Waals surface area contributed by atoms with Crippen LogP contribution in [0.3, 0.4) is 0 Å². The van der Waals surface area contributed by atoms with E-state index in [1.165, 1.54) is 31.3 Å². The van der Waals surface area contributed by atoms with Gasteiger partial charge in [-0.25, -0.2) is 12.8 Å². The minimum absolute atomic E-state index is 0.0260. The minimum Gasteiger partial charge on any atom is -0.455 e. The van der Waals surface area contributed by atoms with E-state index >= 15 is 0 Å². The smallest absolute Gasteiger partial charge is 0.255 e. The number of fused-ring (bicyclic) bond motifs is 1. The zero-order valence-electron chi connectivity index (χ0n) is 18.2. The van der Waals surface area contributed by atoms with Crippen molar-refractivity contribution in [3.8, 4) is 22.5 Å². The lowest BCUT2D eigenvalue weighted by Crippen LogP contribution is -2.18. The highest BCUT2D eigenvalue weighted by Gasteiger charge is 2.24. The van der Waals surface area contributed by atoms with Crippen molar-refractivity contribution in [3.63, 3.8) is 0 Å². The summed E-state index contributed by atoms with van der Waals surface area (Å²) in [4.78, 5) is 12.8. The van der Waals surface area contributed by atoms with Gasteiger partial charge in [-0.15, -0.1) is 0 Å². The zero-order chi connectivity index (χ0) is 23.6. The van der Waals surface area contributed by atoms with Crippen LogP contribution < -0.4 is 10.0 Å². The Morgan fingerprint density at radius 3 is 2.33 bits per heavy atom. The Morgan fingerprint density at radius 2 is 1.70 bits per heavy atom. The fraction of sp³-hybridized carbons (Fsp3) is 0.160. The Balaban J connectivity index is 2.00. The van der Waals surface area contributed by atoms with E-state index in [4.69, 9.17) is 4.42 Å². The topological polar surface area (TPSA) is 88.4 Å². The molecule has 0 unspecified atom stereocenters. The summed E-state index contributed by atoms with van der Waals surface area (Å²) in [5, 5.41) is 3.14. The van der Waals surface area contributed by atoms with Crippen LogP contribution in [0.25, 0.3) is 33.4 Å². The van der Waals surface area contributed by atoms with E-state index in [0.29, 0.717) is 39.8 Å². The number of sulfonamides is 1. The molecule has 0 atom stereocenters. The number of amides is 1. The average Bonchev–Trinajstić information content (AvgIpc) is 3.17. The van der Waals surface area contributed by atoms with Crippen LogP contribution in [0.4, 0.5) is 10.1 Å². The third-order valence-electron chi connectivity index (χ3n) is 5.21. The third kappa shape index (κ3) is 4.61. The van der Waals surface area contributed by atoms with Crippen molar-refractivity contribution in [2.45, 2.75) is 13.3 Å². The number of rotatable bonds is 7. The van der Waals surface area contributed by atoms with Gasteiger partial charge in [0.05, 0.1) is 17.0 Å². The van der Waals surface area contributed by atoms with Crippen molar-refractivity contribution >= 4 is 32.6 Å². The highest BCUT2D eigenvalue weighted by atomic mass is 32.2. The number of hydrogen-bond acceptors (Lipinski definition) is 4. The monoisotopic (exact) mass is 466 g/mol. The maximum absolute atomic E-state index is 13.5. The molecule has 0 spiro atoms. The van der Waals surface area contributed by atoms with E-state index in [0.717, 1.165) is 5.56 Å². The standard InChI is InChI=1S/C25H23FN2O4S/c1-3-13-33(30,31)28-21-15-22-20(14-19(21)16-7-5-4-6-8-16)23(25(29)27-2)24(32-22)17-9-11-18(26)12-10-17/h4-12,14-15,28H,3,13H2,1-2H3,(H,27,29). The zero-order valence-corrected chi connectivity index (χ0v) is 19.0. The molecule has 0 aliphatic heterocycles. The van der Waals surface area contributed by atoms with E-state index < -0.39 is 15.8 Å². The molecule has 0 saturated heterocycles. The molecule has 33 heavy (non-hydrogen) atoms. The molecule has 3 aromatic carbocycles. The van der Waals surface area contributed by atoms with Crippen LogP contribution in [0, 0.1) is 5.82 Å². The molecule has 0 fully saturated rings. The quantitative estimate of drug-likeness (QED) is 0.381. The number of nitrogens with one attached hydrogen (secondary N) is 2. The van der Waals surface area contributed by atoms with Gasteiger partial charge in [-0.3, -0.25) is 9.52 Å². The van der Waals surface area contributed by atoms with E-state index in [2.05, 4.69) is 10.0 Å². The second kappa shape index (κ2) is 9.07. The molecule has 4 aromatic rings. The number of furan rings is 1. The van der Waals surface area contributed by atoms with Gasteiger partial charge in [0.15, 0.2) is 0 Å². The first-order chi connectivity index (χ1) is 15.8. The van der Waals surface area contributed by atoms with Gasteiger partial charge in [0.25, 0.3) is 5.91 Å². The van der Waals surface area contributed by atoms with Crippen LogP contribution in [0.1, 0.15) is 23.7 Å². The molecule has 4 rings (SSSR count). The van der Waals surface area contributed by atoms with Crippen molar-refractivity contribution < 1.29 is 22.0 Å². The Labute approximate surface area is 191 Å². The number of halogens is 1. The lowest BCUT2D eigenvalue weighted by molar-refractivity contribution is 0.0964. The molecule has 0 aliphatic rings. The van der Waals surface area contributed by atoms with Crippen LogP contribution in [-0.4, -0.2) is 27.1 Å². The minimum atomic E-state index is -3.58. The summed E-state index contributed by atoms with van der Waals surface area (Å²) < 4.78 is 47.3. The maximum atomic E-state index is 13.5. The molecular weight excluding hydrogens is 443 g/mol. The van der Waals surface area contributed by atoms with Crippen molar-refractivity contribution in [2.75, 3.05) is 17.5 Å². The van der Waals surface area contributed by atoms with Crippen molar-refractivity contribution in [3.05, 3.63) is 78.1 Å². The van der Waals surface area contributed by atoms with Gasteiger partial charge >= 0.3 is 0 Å². The van der Waals surface area contributed by atoms with Gasteiger partial charge in [0.1, 0.15) is 17.2 Å². The summed E-state index contributed by atoms with van der Waals surface area (Å²) in [6.07, 6.45) is 0.467. The van der Waals surface area contributed by atoms with Crippen LogP contribution in [0.2, 0.25) is 0 Å². The average molecular weight is 467 g/mol. The normalized spacial score (nSPS) is 11.5. The first-order valence-corrected chi connectivity index (χ1v) is 12.1. The summed E-state index contributed by atoms with van der Waals surface area (Å²) in [6, 6.07) is 18.3. The third-order valence-corrected chi connectivity index (χ3v) is 6.69. The molecule has 1 aromatic heterocycles. The molecule has 170 valence electrons. The largest absolute Gasteiger partial charge is 0.455 e. The lowest BCUT2D eigenvalue weighted by atomic mass is 9.99. The molecule has 1 amide bonds. The van der Waals surface area contributed by atoms with Crippen molar-refractivity contribution in [2.24, 2.45) is 0 Å². The molecule has 1 heterocycles. The van der Waals surface area contributed by atoms with E-state index in [9.17, 15) is 17.6 Å². The summed E-state index contributed by atoms with van der Waals surface area (Å²) in [6.45, 7) is 1.79. The predicted molar refractivity (Wildman–Crippen MR) is 128 cm³/mol. The predicted octanol–water partition coefficient (Wildman–Crippen LogP) is 5.42. The Morgan fingerprint density at radius 1 is 1.00 bits per heavy atom. The number of carbonyl (C=O) groups excluding carboxylic acids is 1. The summed E-state index contributed by atoms with van der Waals surface area (Å²) in [5.41, 5.74) is 2.90. The molecular formula is C25H23FN2O4S. The SMILES string of the molecule is CCCS(=O)(=O)Nc1cc2oc(-c3ccc(F)cc3)c(C(=O)NC)c2cc1-c1ccccc1. The Kier molecular flexibility index (Phi) is 6.20. The van der Waals surface area contributed by atoms with Crippen LogP contribution in [0.15, 0.2) is 71.1 Å². The van der Waals surface area contributed by atoms with Gasteiger partial charge in [-0.2, -0.15) is 0 Å². The first-order valence-electron chi connectivity index (χ1n) is 10.5. The number of anilines is 1. The molecule has 0 radical (unpaired) electrons. The highest BCUT2D eigenvalue weighted by molar-refractivity contribution is 7.92. The van der Waals surface area contributed by atoms with Crippen LogP contribution >= 0.6 is 0 Å². The van der Waals surface area contributed by atoms with Crippen LogP contribution in [0.5, 0.6) is 0 Å². The molecule has 0 saturated carbocycles. The number of hydrogen-bond donors (Lipinski definition) is 2. The van der Waals surface area contributed by atoms with Gasteiger partial charge in [-0.05, 0) is 42.3 Å². The fourth-order valence-corrected chi connectivity index (χ4v) is 4.87. The Bertz CT molecular complexity index is 1410. The lowest BCUT2D eigenvalue weighted by Gasteiger charge is -2.13. The van der Waals surface area contributed by atoms with Gasteiger partial charge in [0, 0.05) is 29.6 Å². The van der Waals surface area contributed by atoms with Crippen LogP contribution in [-0.2, 0) is 10.0 Å². The second-order valence-corrected chi connectivity index (χ2v) is 9.41. The van der Waals surface area contributed by atoms with E-state index in [-0.39, 0.29) is 17.4 Å². The summed E-state index contributed by atoms with van der Waals surface area (Å²) >= 11 is 0. The molecule has 6 nitrogen and oxygen atoms in total. The Hall–Kier alpha value is -3.65. The fourth-order valence-electron chi connectivity index (χ4n) is 3.73. The molecule has 2 N–H and O–H groups in total.